The molecule has 0 saturated heterocycles. The van der Waals surface area contributed by atoms with Crippen molar-refractivity contribution in [2.75, 3.05) is 5.32 Å². The first-order chi connectivity index (χ1) is 13.5. The second-order valence-electron chi connectivity index (χ2n) is 6.41. The molecule has 3 aromatic rings. The molecule has 1 amide bonds. The molecule has 0 bridgehead atoms. The second-order valence-corrected chi connectivity index (χ2v) is 6.41. The van der Waals surface area contributed by atoms with E-state index in [1.807, 2.05) is 44.2 Å². The summed E-state index contributed by atoms with van der Waals surface area (Å²) in [5, 5.41) is 5.92. The number of nitrogens with zero attached hydrogens (tertiary/aromatic N) is 2. The number of benzene rings is 2. The van der Waals surface area contributed by atoms with Crippen LogP contribution in [0.2, 0.25) is 0 Å². The standard InChI is InChI=1S/C22H21FN4O/c1-15-5-10-20(12-16(15)2)26-22(25-14-17-4-3-11-24-13-17)27-21(28)18-6-8-19(23)9-7-18/h3-13H,14H2,1-2H3,(H2,25,26,27,28). The van der Waals surface area contributed by atoms with Crippen molar-refractivity contribution in [2.45, 2.75) is 20.4 Å². The molecule has 3 rings (SSSR count). The molecule has 142 valence electrons. The Labute approximate surface area is 163 Å². The van der Waals surface area contributed by atoms with E-state index in [0.717, 1.165) is 16.8 Å². The number of hydrogen-bond acceptors (Lipinski definition) is 3. The summed E-state index contributed by atoms with van der Waals surface area (Å²) < 4.78 is 13.1. The summed E-state index contributed by atoms with van der Waals surface area (Å²) in [6.07, 6.45) is 3.41. The lowest BCUT2D eigenvalue weighted by atomic mass is 10.1. The van der Waals surface area contributed by atoms with E-state index < -0.39 is 5.82 Å². The Morgan fingerprint density at radius 2 is 1.86 bits per heavy atom. The van der Waals surface area contributed by atoms with Crippen LogP contribution in [-0.2, 0) is 6.54 Å². The van der Waals surface area contributed by atoms with E-state index in [0.29, 0.717) is 18.1 Å². The number of halogens is 1. The van der Waals surface area contributed by atoms with Crippen LogP contribution < -0.4 is 10.6 Å². The van der Waals surface area contributed by atoms with Gasteiger partial charge in [0.1, 0.15) is 5.82 Å². The van der Waals surface area contributed by atoms with Gasteiger partial charge in [-0.15, -0.1) is 0 Å². The molecule has 5 nitrogen and oxygen atoms in total. The van der Waals surface area contributed by atoms with Gasteiger partial charge in [-0.1, -0.05) is 12.1 Å². The van der Waals surface area contributed by atoms with Gasteiger partial charge in [-0.2, -0.15) is 0 Å². The predicted octanol–water partition coefficient (Wildman–Crippen LogP) is 4.24. The van der Waals surface area contributed by atoms with E-state index in [1.165, 1.54) is 29.8 Å². The highest BCUT2D eigenvalue weighted by Crippen LogP contribution is 2.14. The third-order valence-electron chi connectivity index (χ3n) is 4.25. The Morgan fingerprint density at radius 1 is 1.07 bits per heavy atom. The number of carbonyl (C=O) groups is 1. The quantitative estimate of drug-likeness (QED) is 0.529. The highest BCUT2D eigenvalue weighted by atomic mass is 19.1. The van der Waals surface area contributed by atoms with Crippen molar-refractivity contribution in [3.63, 3.8) is 0 Å². The number of amides is 1. The molecule has 0 aliphatic carbocycles. The number of aryl methyl sites for hydroxylation is 2. The summed E-state index contributed by atoms with van der Waals surface area (Å²) >= 11 is 0. The number of guanidine groups is 1. The molecule has 0 aliphatic heterocycles. The van der Waals surface area contributed by atoms with Gasteiger partial charge in [0.2, 0.25) is 5.96 Å². The largest absolute Gasteiger partial charge is 0.326 e. The van der Waals surface area contributed by atoms with Crippen LogP contribution >= 0.6 is 0 Å². The number of carbonyl (C=O) groups excluding carboxylic acids is 1. The summed E-state index contributed by atoms with van der Waals surface area (Å²) in [7, 11) is 0. The molecule has 2 N–H and O–H groups in total. The summed E-state index contributed by atoms with van der Waals surface area (Å²) in [6, 6.07) is 15.0. The van der Waals surface area contributed by atoms with Crippen LogP contribution in [0.15, 0.2) is 72.0 Å². The van der Waals surface area contributed by atoms with Crippen molar-refractivity contribution in [2.24, 2.45) is 4.99 Å². The average Bonchev–Trinajstić information content (AvgIpc) is 2.70. The fraction of sp³-hybridized carbons (Fsp3) is 0.136. The highest BCUT2D eigenvalue weighted by Gasteiger charge is 2.10. The number of pyridine rings is 1. The van der Waals surface area contributed by atoms with E-state index >= 15 is 0 Å². The monoisotopic (exact) mass is 376 g/mol. The second kappa shape index (κ2) is 8.90. The third kappa shape index (κ3) is 5.23. The van der Waals surface area contributed by atoms with Crippen LogP contribution in [0.5, 0.6) is 0 Å². The van der Waals surface area contributed by atoms with Gasteiger partial charge in [-0.3, -0.25) is 15.1 Å². The van der Waals surface area contributed by atoms with Crippen LogP contribution in [0.25, 0.3) is 0 Å². The summed E-state index contributed by atoms with van der Waals surface area (Å²) in [6.45, 7) is 4.40. The van der Waals surface area contributed by atoms with Crippen molar-refractivity contribution >= 4 is 17.6 Å². The van der Waals surface area contributed by atoms with Gasteiger partial charge < -0.3 is 5.32 Å². The molecule has 0 radical (unpaired) electrons. The van der Waals surface area contributed by atoms with E-state index in [2.05, 4.69) is 20.6 Å². The summed E-state index contributed by atoms with van der Waals surface area (Å²) in [4.78, 5) is 21.1. The molecule has 0 fully saturated rings. The van der Waals surface area contributed by atoms with Crippen molar-refractivity contribution < 1.29 is 9.18 Å². The van der Waals surface area contributed by atoms with Crippen molar-refractivity contribution in [3.8, 4) is 0 Å². The van der Waals surface area contributed by atoms with Crippen LogP contribution in [0.1, 0.15) is 27.0 Å². The van der Waals surface area contributed by atoms with E-state index in [4.69, 9.17) is 0 Å². The van der Waals surface area contributed by atoms with E-state index in [1.54, 1.807) is 12.4 Å². The molecule has 28 heavy (non-hydrogen) atoms. The summed E-state index contributed by atoms with van der Waals surface area (Å²) in [5.74, 6) is -0.460. The summed E-state index contributed by atoms with van der Waals surface area (Å²) in [5.41, 5.74) is 4.37. The van der Waals surface area contributed by atoms with Gasteiger partial charge in [0, 0.05) is 23.6 Å². The lowest BCUT2D eigenvalue weighted by Crippen LogP contribution is -2.36. The van der Waals surface area contributed by atoms with Crippen LogP contribution in [-0.4, -0.2) is 16.9 Å². The third-order valence-corrected chi connectivity index (χ3v) is 4.25. The minimum atomic E-state index is -0.393. The number of rotatable bonds is 4. The zero-order valence-corrected chi connectivity index (χ0v) is 15.7. The van der Waals surface area contributed by atoms with Gasteiger partial charge in [-0.25, -0.2) is 9.38 Å². The molecule has 0 atom stereocenters. The molecular formula is C22H21FN4O. The van der Waals surface area contributed by atoms with Gasteiger partial charge in [0.15, 0.2) is 0 Å². The molecule has 0 unspecified atom stereocenters. The maximum atomic E-state index is 13.1. The number of nitrogens with one attached hydrogen (secondary N) is 2. The molecule has 1 aromatic heterocycles. The maximum Gasteiger partial charge on any atom is 0.257 e. The van der Waals surface area contributed by atoms with Crippen LogP contribution in [0, 0.1) is 19.7 Å². The van der Waals surface area contributed by atoms with Crippen molar-refractivity contribution in [1.82, 2.24) is 10.3 Å². The van der Waals surface area contributed by atoms with Crippen LogP contribution in [0.3, 0.4) is 0 Å². The molecule has 6 heteroatoms. The zero-order valence-electron chi connectivity index (χ0n) is 15.7. The average molecular weight is 376 g/mol. The maximum absolute atomic E-state index is 13.1. The molecule has 1 heterocycles. The van der Waals surface area contributed by atoms with Gasteiger partial charge >= 0.3 is 0 Å². The zero-order chi connectivity index (χ0) is 19.9. The molecular weight excluding hydrogens is 355 g/mol. The molecule has 2 aromatic carbocycles. The Balaban J connectivity index is 1.81. The first kappa shape index (κ1) is 19.2. The Morgan fingerprint density at radius 3 is 2.54 bits per heavy atom. The Hall–Kier alpha value is -3.54. The fourth-order valence-corrected chi connectivity index (χ4v) is 2.51. The lowest BCUT2D eigenvalue weighted by molar-refractivity contribution is 0.0977. The molecule has 0 spiro atoms. The minimum Gasteiger partial charge on any atom is -0.326 e. The Bertz CT molecular complexity index is 985. The van der Waals surface area contributed by atoms with Crippen molar-refractivity contribution in [1.29, 1.82) is 0 Å². The minimum absolute atomic E-state index is 0.307. The number of aromatic nitrogens is 1. The fourth-order valence-electron chi connectivity index (χ4n) is 2.51. The lowest BCUT2D eigenvalue weighted by Gasteiger charge is -2.13. The number of anilines is 1. The van der Waals surface area contributed by atoms with Crippen molar-refractivity contribution in [3.05, 3.63) is 95.1 Å². The number of aliphatic imine (C=N–C) groups is 1. The van der Waals surface area contributed by atoms with E-state index in [-0.39, 0.29) is 5.91 Å². The highest BCUT2D eigenvalue weighted by molar-refractivity contribution is 6.09. The predicted molar refractivity (Wildman–Crippen MR) is 109 cm³/mol. The Kier molecular flexibility index (Phi) is 6.11. The molecule has 0 aliphatic rings. The number of hydrogen-bond donors (Lipinski definition) is 2. The van der Waals surface area contributed by atoms with Gasteiger partial charge in [-0.05, 0) is 73.0 Å². The first-order valence-corrected chi connectivity index (χ1v) is 8.86. The topological polar surface area (TPSA) is 66.4 Å². The van der Waals surface area contributed by atoms with Gasteiger partial charge in [0.05, 0.1) is 6.54 Å². The van der Waals surface area contributed by atoms with E-state index in [9.17, 15) is 9.18 Å². The van der Waals surface area contributed by atoms with Gasteiger partial charge in [0.25, 0.3) is 5.91 Å². The van der Waals surface area contributed by atoms with Crippen LogP contribution in [0.4, 0.5) is 10.1 Å². The first-order valence-electron chi connectivity index (χ1n) is 8.86. The molecule has 0 saturated carbocycles. The SMILES string of the molecule is Cc1ccc(NC(=NCc2cccnc2)NC(=O)c2ccc(F)cc2)cc1C. The normalized spacial score (nSPS) is 11.2. The smallest absolute Gasteiger partial charge is 0.257 e.